The number of anilines is 3. The van der Waals surface area contributed by atoms with Crippen LogP contribution in [-0.4, -0.2) is 41.7 Å². The van der Waals surface area contributed by atoms with E-state index in [0.29, 0.717) is 25.5 Å². The maximum atomic E-state index is 13.6. The number of methoxy groups -OCH3 is 1. The number of carboxylic acids is 1. The number of benzene rings is 4. The fraction of sp³-hybridized carbons (Fsp3) is 0.212. The summed E-state index contributed by atoms with van der Waals surface area (Å²) in [5.74, 6) is -1.25. The SMILES string of the molecule is COc1cc(CC(=O)NN(c2ccc([S+]([O-])c3ccccc3)cc2)c2ccccc2N2CCCCC2)c(Br)cc1C(=O)O. The summed E-state index contributed by atoms with van der Waals surface area (Å²) in [7, 11) is 1.40. The van der Waals surface area contributed by atoms with Crippen LogP contribution < -0.4 is 20.1 Å². The van der Waals surface area contributed by atoms with Gasteiger partial charge in [0, 0.05) is 28.7 Å². The van der Waals surface area contributed by atoms with E-state index in [1.165, 1.54) is 19.6 Å². The van der Waals surface area contributed by atoms with Gasteiger partial charge in [0.2, 0.25) is 5.91 Å². The molecule has 4 aromatic rings. The molecule has 1 amide bonds. The van der Waals surface area contributed by atoms with Crippen LogP contribution in [0.25, 0.3) is 0 Å². The van der Waals surface area contributed by atoms with Crippen LogP contribution in [0, 0.1) is 0 Å². The Balaban J connectivity index is 1.47. The van der Waals surface area contributed by atoms with Gasteiger partial charge in [0.15, 0.2) is 9.79 Å². The standard InChI is InChI=1S/C33H32BrN3O5S/c1-42-31-20-23(28(34)22-27(31)33(39)40)21-32(38)35-37(30-13-7-6-12-29(30)36-18-8-3-9-19-36)24-14-16-26(17-15-24)43(41)25-10-4-2-5-11-25/h2,4-7,10-17,20,22H,3,8-9,18-19,21H2,1H3,(H,35,38)(H,39,40). The molecular weight excluding hydrogens is 630 g/mol. The number of hydrazine groups is 1. The Morgan fingerprint density at radius 2 is 1.60 bits per heavy atom. The smallest absolute Gasteiger partial charge is 0.339 e. The third kappa shape index (κ3) is 7.15. The second kappa shape index (κ2) is 14.0. The van der Waals surface area contributed by atoms with Crippen molar-refractivity contribution in [2.75, 3.05) is 30.1 Å². The zero-order chi connectivity index (χ0) is 30.3. The number of halogens is 1. The summed E-state index contributed by atoms with van der Waals surface area (Å²) in [4.78, 5) is 28.9. The summed E-state index contributed by atoms with van der Waals surface area (Å²) in [6.07, 6.45) is 3.36. The highest BCUT2D eigenvalue weighted by atomic mass is 79.9. The van der Waals surface area contributed by atoms with Crippen LogP contribution in [0.15, 0.2) is 105 Å². The lowest BCUT2D eigenvalue weighted by Gasteiger charge is -2.34. The summed E-state index contributed by atoms with van der Waals surface area (Å²) in [5.41, 5.74) is 6.18. The highest BCUT2D eigenvalue weighted by Crippen LogP contribution is 2.36. The van der Waals surface area contributed by atoms with Crippen LogP contribution in [0.2, 0.25) is 0 Å². The van der Waals surface area contributed by atoms with E-state index < -0.39 is 17.1 Å². The minimum atomic E-state index is -1.34. The molecule has 8 nitrogen and oxygen atoms in total. The summed E-state index contributed by atoms with van der Waals surface area (Å²) >= 11 is 2.08. The Labute approximate surface area is 262 Å². The van der Waals surface area contributed by atoms with Gasteiger partial charge in [-0.15, -0.1) is 0 Å². The third-order valence-corrected chi connectivity index (χ3v) is 9.41. The second-order valence-electron chi connectivity index (χ2n) is 10.1. The number of carboxylic acid groups (broad SMARTS) is 1. The predicted octanol–water partition coefficient (Wildman–Crippen LogP) is 6.72. The van der Waals surface area contributed by atoms with Gasteiger partial charge in [-0.1, -0.05) is 46.3 Å². The molecule has 1 heterocycles. The van der Waals surface area contributed by atoms with E-state index >= 15 is 0 Å². The van der Waals surface area contributed by atoms with E-state index in [0.717, 1.165) is 37.3 Å². The fourth-order valence-corrected chi connectivity index (χ4v) is 6.67. The van der Waals surface area contributed by atoms with Crippen molar-refractivity contribution < 1.29 is 24.0 Å². The molecule has 1 atom stereocenters. The molecule has 5 rings (SSSR count). The third-order valence-electron chi connectivity index (χ3n) is 7.27. The van der Waals surface area contributed by atoms with Crippen LogP contribution in [0.4, 0.5) is 17.1 Å². The number of rotatable bonds is 10. The average Bonchev–Trinajstić information content (AvgIpc) is 3.05. The monoisotopic (exact) mass is 661 g/mol. The maximum Gasteiger partial charge on any atom is 0.339 e. The highest BCUT2D eigenvalue weighted by Gasteiger charge is 2.23. The van der Waals surface area contributed by atoms with Gasteiger partial charge in [-0.05, 0) is 85.5 Å². The number of para-hydroxylation sites is 2. The second-order valence-corrected chi connectivity index (χ2v) is 12.4. The first kappa shape index (κ1) is 30.5. The van der Waals surface area contributed by atoms with E-state index in [4.69, 9.17) is 4.74 Å². The zero-order valence-electron chi connectivity index (χ0n) is 23.7. The van der Waals surface area contributed by atoms with E-state index in [1.54, 1.807) is 11.1 Å². The number of piperidine rings is 1. The van der Waals surface area contributed by atoms with E-state index in [-0.39, 0.29) is 23.6 Å². The number of aromatic carboxylic acids is 1. The van der Waals surface area contributed by atoms with Gasteiger partial charge >= 0.3 is 5.97 Å². The van der Waals surface area contributed by atoms with Crippen LogP contribution in [-0.2, 0) is 22.4 Å². The van der Waals surface area contributed by atoms with Gasteiger partial charge in [-0.3, -0.25) is 15.2 Å². The molecule has 0 saturated carbocycles. The summed E-state index contributed by atoms with van der Waals surface area (Å²) in [6, 6.07) is 27.6. The molecule has 0 aliphatic carbocycles. The van der Waals surface area contributed by atoms with Crippen LogP contribution in [0.3, 0.4) is 0 Å². The highest BCUT2D eigenvalue weighted by molar-refractivity contribution is 9.10. The number of ether oxygens (including phenoxy) is 1. The summed E-state index contributed by atoms with van der Waals surface area (Å²) in [5, 5.41) is 11.3. The molecule has 1 aliphatic rings. The minimum absolute atomic E-state index is 0.00333. The average molecular weight is 663 g/mol. The Morgan fingerprint density at radius 3 is 2.28 bits per heavy atom. The van der Waals surface area contributed by atoms with Gasteiger partial charge < -0.3 is 19.3 Å². The molecule has 222 valence electrons. The Kier molecular flexibility index (Phi) is 9.91. The van der Waals surface area contributed by atoms with Crippen molar-refractivity contribution in [1.29, 1.82) is 0 Å². The topological polar surface area (TPSA) is 105 Å². The first-order valence-corrected chi connectivity index (χ1v) is 15.9. The Hall–Kier alpha value is -3.99. The van der Waals surface area contributed by atoms with Crippen molar-refractivity contribution in [3.8, 4) is 5.75 Å². The lowest BCUT2D eigenvalue weighted by atomic mass is 10.1. The number of nitrogens with zero attached hydrogens (tertiary/aromatic N) is 2. The molecular formula is C33H32BrN3O5S. The van der Waals surface area contributed by atoms with Crippen molar-refractivity contribution in [1.82, 2.24) is 5.43 Å². The van der Waals surface area contributed by atoms with Gasteiger partial charge in [0.1, 0.15) is 11.3 Å². The number of hydrogen-bond donors (Lipinski definition) is 2. The summed E-state index contributed by atoms with van der Waals surface area (Å²) in [6.45, 7) is 1.85. The first-order valence-electron chi connectivity index (χ1n) is 14.0. The molecule has 0 bridgehead atoms. The molecule has 2 N–H and O–H groups in total. The zero-order valence-corrected chi connectivity index (χ0v) is 26.1. The van der Waals surface area contributed by atoms with Crippen molar-refractivity contribution in [3.63, 3.8) is 0 Å². The van der Waals surface area contributed by atoms with Gasteiger partial charge in [0.05, 0.1) is 30.6 Å². The van der Waals surface area contributed by atoms with Crippen molar-refractivity contribution in [2.24, 2.45) is 0 Å². The molecule has 1 fully saturated rings. The van der Waals surface area contributed by atoms with E-state index in [2.05, 4.69) is 32.3 Å². The molecule has 1 aliphatic heterocycles. The fourth-order valence-electron chi connectivity index (χ4n) is 5.12. The normalized spacial score (nSPS) is 13.7. The van der Waals surface area contributed by atoms with Crippen molar-refractivity contribution in [3.05, 3.63) is 107 Å². The molecule has 4 aromatic carbocycles. The number of hydrogen-bond acceptors (Lipinski definition) is 6. The number of carbonyl (C=O) groups excluding carboxylic acids is 1. The lowest BCUT2D eigenvalue weighted by Crippen LogP contribution is -2.41. The van der Waals surface area contributed by atoms with E-state index in [1.807, 2.05) is 72.8 Å². The predicted molar refractivity (Wildman–Crippen MR) is 172 cm³/mol. The number of nitrogens with one attached hydrogen (secondary N) is 1. The number of amides is 1. The first-order chi connectivity index (χ1) is 20.9. The molecule has 0 spiro atoms. The van der Waals surface area contributed by atoms with Crippen molar-refractivity contribution in [2.45, 2.75) is 35.5 Å². The molecule has 1 saturated heterocycles. The maximum absolute atomic E-state index is 13.6. The minimum Gasteiger partial charge on any atom is -0.606 e. The quantitative estimate of drug-likeness (QED) is 0.143. The van der Waals surface area contributed by atoms with Gasteiger partial charge in [-0.2, -0.15) is 0 Å². The number of carbonyl (C=O) groups is 2. The molecule has 0 radical (unpaired) electrons. The van der Waals surface area contributed by atoms with Crippen LogP contribution in [0.5, 0.6) is 5.75 Å². The van der Waals surface area contributed by atoms with Crippen LogP contribution in [0.1, 0.15) is 35.2 Å². The Morgan fingerprint density at radius 1 is 0.953 bits per heavy atom. The molecule has 1 unspecified atom stereocenters. The van der Waals surface area contributed by atoms with Crippen molar-refractivity contribution >= 4 is 56.0 Å². The van der Waals surface area contributed by atoms with Gasteiger partial charge in [-0.25, -0.2) is 4.79 Å². The molecule has 0 aromatic heterocycles. The van der Waals surface area contributed by atoms with E-state index in [9.17, 15) is 19.2 Å². The van der Waals surface area contributed by atoms with Gasteiger partial charge in [0.25, 0.3) is 0 Å². The molecule has 10 heteroatoms. The summed E-state index contributed by atoms with van der Waals surface area (Å²) < 4.78 is 18.9. The Bertz CT molecular complexity index is 1580. The largest absolute Gasteiger partial charge is 0.606 e. The lowest BCUT2D eigenvalue weighted by molar-refractivity contribution is -0.120. The van der Waals surface area contributed by atoms with Crippen LogP contribution >= 0.6 is 15.9 Å². The molecule has 43 heavy (non-hydrogen) atoms.